The molecular formula is C15H17BrFNS. The van der Waals surface area contributed by atoms with Gasteiger partial charge in [0.2, 0.25) is 0 Å². The van der Waals surface area contributed by atoms with Crippen LogP contribution in [0.5, 0.6) is 0 Å². The van der Waals surface area contributed by atoms with Crippen LogP contribution in [0.1, 0.15) is 36.2 Å². The standard InChI is InChI=1S/C15H17BrFNS/c1-2-4-14(15-5-3-8-19-15)18-10-11-9-12(17)6-7-13(11)16/h3,5-9,14,18H,2,4,10H2,1H3. The molecule has 0 radical (unpaired) electrons. The van der Waals surface area contributed by atoms with Gasteiger partial charge in [-0.1, -0.05) is 35.3 Å². The second kappa shape index (κ2) is 7.17. The summed E-state index contributed by atoms with van der Waals surface area (Å²) >= 11 is 5.23. The van der Waals surface area contributed by atoms with Gasteiger partial charge < -0.3 is 5.32 Å². The van der Waals surface area contributed by atoms with Crippen LogP contribution in [0, 0.1) is 5.82 Å². The summed E-state index contributed by atoms with van der Waals surface area (Å²) in [5.74, 6) is -0.192. The van der Waals surface area contributed by atoms with E-state index in [1.807, 2.05) is 0 Å². The molecule has 1 aromatic heterocycles. The molecule has 0 spiro atoms. The van der Waals surface area contributed by atoms with E-state index in [1.54, 1.807) is 23.5 Å². The Bertz CT molecular complexity index is 513. The van der Waals surface area contributed by atoms with Crippen molar-refractivity contribution in [2.24, 2.45) is 0 Å². The Labute approximate surface area is 126 Å². The summed E-state index contributed by atoms with van der Waals surface area (Å²) in [6, 6.07) is 9.37. The molecule has 0 amide bonds. The third-order valence-corrected chi connectivity index (χ3v) is 4.77. The zero-order chi connectivity index (χ0) is 13.7. The highest BCUT2D eigenvalue weighted by Gasteiger charge is 2.12. The van der Waals surface area contributed by atoms with Crippen LogP contribution in [0.3, 0.4) is 0 Å². The Morgan fingerprint density at radius 2 is 2.21 bits per heavy atom. The maximum absolute atomic E-state index is 13.2. The van der Waals surface area contributed by atoms with Gasteiger partial charge in [0, 0.05) is 21.9 Å². The zero-order valence-corrected chi connectivity index (χ0v) is 13.2. The predicted molar refractivity (Wildman–Crippen MR) is 82.9 cm³/mol. The number of hydrogen-bond acceptors (Lipinski definition) is 2. The molecule has 102 valence electrons. The second-order valence-electron chi connectivity index (χ2n) is 4.47. The maximum Gasteiger partial charge on any atom is 0.123 e. The van der Waals surface area contributed by atoms with Crippen molar-refractivity contribution in [2.45, 2.75) is 32.4 Å². The fourth-order valence-corrected chi connectivity index (χ4v) is 3.26. The van der Waals surface area contributed by atoms with Gasteiger partial charge in [0.25, 0.3) is 0 Å². The lowest BCUT2D eigenvalue weighted by Gasteiger charge is -2.17. The van der Waals surface area contributed by atoms with Crippen molar-refractivity contribution in [2.75, 3.05) is 0 Å². The van der Waals surface area contributed by atoms with Gasteiger partial charge in [-0.3, -0.25) is 0 Å². The zero-order valence-electron chi connectivity index (χ0n) is 10.8. The van der Waals surface area contributed by atoms with Crippen LogP contribution in [0.15, 0.2) is 40.2 Å². The Kier molecular flexibility index (Phi) is 5.55. The van der Waals surface area contributed by atoms with E-state index in [1.165, 1.54) is 10.9 Å². The third kappa shape index (κ3) is 4.13. The van der Waals surface area contributed by atoms with Crippen LogP contribution >= 0.6 is 27.3 Å². The van der Waals surface area contributed by atoms with E-state index in [0.29, 0.717) is 12.6 Å². The predicted octanol–water partition coefficient (Wildman–Crippen LogP) is 5.28. The van der Waals surface area contributed by atoms with E-state index >= 15 is 0 Å². The minimum Gasteiger partial charge on any atom is -0.305 e. The molecule has 0 aliphatic rings. The van der Waals surface area contributed by atoms with Gasteiger partial charge in [-0.25, -0.2) is 4.39 Å². The smallest absolute Gasteiger partial charge is 0.123 e. The molecule has 1 N–H and O–H groups in total. The van der Waals surface area contributed by atoms with Crippen molar-refractivity contribution in [1.82, 2.24) is 5.32 Å². The first-order valence-electron chi connectivity index (χ1n) is 6.41. The molecule has 2 rings (SSSR count). The van der Waals surface area contributed by atoms with E-state index in [0.717, 1.165) is 22.9 Å². The number of nitrogens with one attached hydrogen (secondary N) is 1. The Balaban J connectivity index is 2.04. The average Bonchev–Trinajstić information content (AvgIpc) is 2.92. The molecule has 4 heteroatoms. The first-order chi connectivity index (χ1) is 9.20. The lowest BCUT2D eigenvalue weighted by molar-refractivity contribution is 0.498. The largest absolute Gasteiger partial charge is 0.305 e. The highest BCUT2D eigenvalue weighted by molar-refractivity contribution is 9.10. The molecule has 19 heavy (non-hydrogen) atoms. The average molecular weight is 342 g/mol. The number of hydrogen-bond donors (Lipinski definition) is 1. The molecule has 0 saturated carbocycles. The number of thiophene rings is 1. The van der Waals surface area contributed by atoms with Gasteiger partial charge in [-0.05, 0) is 41.6 Å². The Morgan fingerprint density at radius 1 is 1.37 bits per heavy atom. The van der Waals surface area contributed by atoms with Crippen LogP contribution in [0.2, 0.25) is 0 Å². The summed E-state index contributed by atoms with van der Waals surface area (Å²) in [5.41, 5.74) is 0.956. The molecule has 1 atom stereocenters. The van der Waals surface area contributed by atoms with Crippen LogP contribution < -0.4 is 5.32 Å². The molecular weight excluding hydrogens is 325 g/mol. The van der Waals surface area contributed by atoms with Crippen molar-refractivity contribution in [3.63, 3.8) is 0 Å². The molecule has 0 bridgehead atoms. The van der Waals surface area contributed by atoms with Crippen molar-refractivity contribution in [3.8, 4) is 0 Å². The topological polar surface area (TPSA) is 12.0 Å². The van der Waals surface area contributed by atoms with Crippen molar-refractivity contribution in [3.05, 3.63) is 56.4 Å². The Hall–Kier alpha value is -0.710. The summed E-state index contributed by atoms with van der Waals surface area (Å²) in [4.78, 5) is 1.34. The summed E-state index contributed by atoms with van der Waals surface area (Å²) < 4.78 is 14.2. The lowest BCUT2D eigenvalue weighted by Crippen LogP contribution is -2.20. The molecule has 0 saturated heterocycles. The molecule has 1 unspecified atom stereocenters. The van der Waals surface area contributed by atoms with Gasteiger partial charge in [0.15, 0.2) is 0 Å². The minimum atomic E-state index is -0.192. The minimum absolute atomic E-state index is 0.192. The number of halogens is 2. The molecule has 2 aromatic rings. The Morgan fingerprint density at radius 3 is 2.89 bits per heavy atom. The highest BCUT2D eigenvalue weighted by Crippen LogP contribution is 2.25. The monoisotopic (exact) mass is 341 g/mol. The first-order valence-corrected chi connectivity index (χ1v) is 8.08. The van der Waals surface area contributed by atoms with E-state index in [9.17, 15) is 4.39 Å². The van der Waals surface area contributed by atoms with Crippen molar-refractivity contribution >= 4 is 27.3 Å². The van der Waals surface area contributed by atoms with Crippen LogP contribution in [-0.2, 0) is 6.54 Å². The molecule has 1 nitrogen and oxygen atoms in total. The maximum atomic E-state index is 13.2. The molecule has 0 aliphatic carbocycles. The SMILES string of the molecule is CCCC(NCc1cc(F)ccc1Br)c1cccs1. The summed E-state index contributed by atoms with van der Waals surface area (Å²) in [7, 11) is 0. The normalized spacial score (nSPS) is 12.6. The van der Waals surface area contributed by atoms with Gasteiger partial charge in [0.1, 0.15) is 5.82 Å². The molecule has 0 fully saturated rings. The summed E-state index contributed by atoms with van der Waals surface area (Å²) in [6.07, 6.45) is 2.22. The fourth-order valence-electron chi connectivity index (χ4n) is 2.04. The van der Waals surface area contributed by atoms with Crippen LogP contribution in [-0.4, -0.2) is 0 Å². The van der Waals surface area contributed by atoms with Crippen LogP contribution in [0.25, 0.3) is 0 Å². The van der Waals surface area contributed by atoms with Crippen molar-refractivity contribution < 1.29 is 4.39 Å². The van der Waals surface area contributed by atoms with E-state index < -0.39 is 0 Å². The number of benzene rings is 1. The molecule has 0 aliphatic heterocycles. The lowest BCUT2D eigenvalue weighted by atomic mass is 10.1. The van der Waals surface area contributed by atoms with E-state index in [-0.39, 0.29) is 5.82 Å². The van der Waals surface area contributed by atoms with Gasteiger partial charge in [-0.15, -0.1) is 11.3 Å². The summed E-state index contributed by atoms with van der Waals surface area (Å²) in [5, 5.41) is 5.62. The van der Waals surface area contributed by atoms with Gasteiger partial charge in [-0.2, -0.15) is 0 Å². The first kappa shape index (κ1) is 14.7. The van der Waals surface area contributed by atoms with Gasteiger partial charge in [0.05, 0.1) is 0 Å². The van der Waals surface area contributed by atoms with E-state index in [2.05, 4.69) is 45.7 Å². The second-order valence-corrected chi connectivity index (χ2v) is 6.31. The quantitative estimate of drug-likeness (QED) is 0.753. The molecule has 1 heterocycles. The third-order valence-electron chi connectivity index (χ3n) is 3.01. The summed E-state index contributed by atoms with van der Waals surface area (Å²) in [6.45, 7) is 2.85. The highest BCUT2D eigenvalue weighted by atomic mass is 79.9. The number of rotatable bonds is 6. The fraction of sp³-hybridized carbons (Fsp3) is 0.333. The van der Waals surface area contributed by atoms with E-state index in [4.69, 9.17) is 0 Å². The van der Waals surface area contributed by atoms with Crippen LogP contribution in [0.4, 0.5) is 4.39 Å². The molecule has 1 aromatic carbocycles. The van der Waals surface area contributed by atoms with Gasteiger partial charge >= 0.3 is 0 Å². The van der Waals surface area contributed by atoms with Crippen molar-refractivity contribution in [1.29, 1.82) is 0 Å².